The van der Waals surface area contributed by atoms with E-state index in [0.717, 1.165) is 42.0 Å². The Morgan fingerprint density at radius 1 is 1.20 bits per heavy atom. The Balaban J connectivity index is 1.61. The number of piperazine rings is 1. The molecule has 1 fully saturated rings. The lowest BCUT2D eigenvalue weighted by Gasteiger charge is -2.36. The van der Waals surface area contributed by atoms with E-state index in [9.17, 15) is 4.79 Å². The van der Waals surface area contributed by atoms with Crippen LogP contribution in [0, 0.1) is 0 Å². The van der Waals surface area contributed by atoms with Gasteiger partial charge < -0.3 is 15.1 Å². The van der Waals surface area contributed by atoms with Gasteiger partial charge in [-0.1, -0.05) is 17.7 Å². The van der Waals surface area contributed by atoms with Gasteiger partial charge in [0, 0.05) is 47.8 Å². The second-order valence-electron chi connectivity index (χ2n) is 7.17. The lowest BCUT2D eigenvalue weighted by molar-refractivity contribution is 0.0915. The molecule has 1 aromatic carbocycles. The summed E-state index contributed by atoms with van der Waals surface area (Å²) >= 11 is 7.61. The fraction of sp³-hybridized carbons (Fsp3) is 0.444. The van der Waals surface area contributed by atoms with Crippen molar-refractivity contribution in [2.75, 3.05) is 36.0 Å². The highest BCUT2D eigenvalue weighted by atomic mass is 35.5. The molecule has 2 heterocycles. The van der Waals surface area contributed by atoms with E-state index in [0.29, 0.717) is 5.69 Å². The fourth-order valence-corrected chi connectivity index (χ4v) is 3.79. The predicted molar refractivity (Wildman–Crippen MR) is 105 cm³/mol. The number of carbonyl (C=O) groups excluding carboxylic acids is 1. The number of rotatable bonds is 3. The minimum Gasteiger partial charge on any atom is -0.368 e. The van der Waals surface area contributed by atoms with Gasteiger partial charge in [0.25, 0.3) is 5.91 Å². The van der Waals surface area contributed by atoms with Crippen LogP contribution in [0.4, 0.5) is 10.8 Å². The average molecular weight is 379 g/mol. The SMILES string of the molecule is CC(C)(C)NC(=O)c1csc(N2CCN(c3cccc(Cl)c3)CC2)n1. The van der Waals surface area contributed by atoms with Crippen LogP contribution in [-0.2, 0) is 0 Å². The number of thiazole rings is 1. The number of benzene rings is 1. The van der Waals surface area contributed by atoms with Crippen LogP contribution in [0.1, 0.15) is 31.3 Å². The van der Waals surface area contributed by atoms with Crippen LogP contribution in [0.15, 0.2) is 29.6 Å². The first-order valence-corrected chi connectivity index (χ1v) is 9.61. The van der Waals surface area contributed by atoms with Crippen LogP contribution in [0.25, 0.3) is 0 Å². The number of hydrogen-bond donors (Lipinski definition) is 1. The summed E-state index contributed by atoms with van der Waals surface area (Å²) in [7, 11) is 0. The highest BCUT2D eigenvalue weighted by molar-refractivity contribution is 7.13. The quantitative estimate of drug-likeness (QED) is 0.885. The van der Waals surface area contributed by atoms with Crippen molar-refractivity contribution in [1.82, 2.24) is 10.3 Å². The van der Waals surface area contributed by atoms with Crippen LogP contribution < -0.4 is 15.1 Å². The molecule has 0 spiro atoms. The van der Waals surface area contributed by atoms with Crippen LogP contribution in [0.5, 0.6) is 0 Å². The Morgan fingerprint density at radius 3 is 2.52 bits per heavy atom. The maximum absolute atomic E-state index is 12.2. The highest BCUT2D eigenvalue weighted by Gasteiger charge is 2.22. The predicted octanol–water partition coefficient (Wildman–Crippen LogP) is 3.65. The molecule has 1 aliphatic heterocycles. The zero-order valence-electron chi connectivity index (χ0n) is 14.8. The molecular formula is C18H23ClN4OS. The lowest BCUT2D eigenvalue weighted by Crippen LogP contribution is -2.46. The third-order valence-corrected chi connectivity index (χ3v) is 5.07. The van der Waals surface area contributed by atoms with E-state index in [2.05, 4.69) is 26.2 Å². The number of carbonyl (C=O) groups is 1. The molecule has 134 valence electrons. The molecule has 0 radical (unpaired) electrons. The summed E-state index contributed by atoms with van der Waals surface area (Å²) < 4.78 is 0. The van der Waals surface area contributed by atoms with E-state index >= 15 is 0 Å². The molecule has 25 heavy (non-hydrogen) atoms. The van der Waals surface area contributed by atoms with Gasteiger partial charge in [-0.3, -0.25) is 4.79 Å². The Bertz CT molecular complexity index is 748. The van der Waals surface area contributed by atoms with Gasteiger partial charge in [0.15, 0.2) is 5.13 Å². The smallest absolute Gasteiger partial charge is 0.271 e. The summed E-state index contributed by atoms with van der Waals surface area (Å²) in [5.41, 5.74) is 1.38. The van der Waals surface area contributed by atoms with Crippen LogP contribution in [0.2, 0.25) is 5.02 Å². The number of amides is 1. The number of aromatic nitrogens is 1. The topological polar surface area (TPSA) is 48.5 Å². The summed E-state index contributed by atoms with van der Waals surface area (Å²) in [6, 6.07) is 7.95. The molecule has 5 nitrogen and oxygen atoms in total. The van der Waals surface area contributed by atoms with Crippen molar-refractivity contribution in [2.45, 2.75) is 26.3 Å². The van der Waals surface area contributed by atoms with Gasteiger partial charge in [-0.05, 0) is 39.0 Å². The van der Waals surface area contributed by atoms with Gasteiger partial charge in [-0.2, -0.15) is 0 Å². The summed E-state index contributed by atoms with van der Waals surface area (Å²) in [6.07, 6.45) is 0. The number of nitrogens with zero attached hydrogens (tertiary/aromatic N) is 3. The van der Waals surface area contributed by atoms with Crippen molar-refractivity contribution in [1.29, 1.82) is 0 Å². The van der Waals surface area contributed by atoms with Crippen molar-refractivity contribution in [3.63, 3.8) is 0 Å². The summed E-state index contributed by atoms with van der Waals surface area (Å²) in [6.45, 7) is 9.46. The normalized spacial score (nSPS) is 15.4. The van der Waals surface area contributed by atoms with Gasteiger partial charge in [-0.25, -0.2) is 4.98 Å². The van der Waals surface area contributed by atoms with Crippen LogP contribution in [0.3, 0.4) is 0 Å². The average Bonchev–Trinajstić information content (AvgIpc) is 3.04. The molecule has 2 aromatic rings. The molecule has 3 rings (SSSR count). The van der Waals surface area contributed by atoms with E-state index < -0.39 is 0 Å². The zero-order chi connectivity index (χ0) is 18.0. The molecule has 7 heteroatoms. The molecule has 1 saturated heterocycles. The Kier molecular flexibility index (Phi) is 5.20. The molecule has 0 bridgehead atoms. The van der Waals surface area contributed by atoms with Gasteiger partial charge in [-0.15, -0.1) is 11.3 Å². The highest BCUT2D eigenvalue weighted by Crippen LogP contribution is 2.25. The Hall–Kier alpha value is -1.79. The number of hydrogen-bond acceptors (Lipinski definition) is 5. The van der Waals surface area contributed by atoms with Crippen molar-refractivity contribution in [2.24, 2.45) is 0 Å². The maximum Gasteiger partial charge on any atom is 0.271 e. The first-order chi connectivity index (χ1) is 11.8. The second-order valence-corrected chi connectivity index (χ2v) is 8.45. The zero-order valence-corrected chi connectivity index (χ0v) is 16.3. The molecular weight excluding hydrogens is 356 g/mol. The molecule has 0 atom stereocenters. The molecule has 1 amide bonds. The summed E-state index contributed by atoms with van der Waals surface area (Å²) in [5, 5.41) is 6.45. The summed E-state index contributed by atoms with van der Waals surface area (Å²) in [4.78, 5) is 21.3. The van der Waals surface area contributed by atoms with E-state index in [1.165, 1.54) is 11.3 Å². The van der Waals surface area contributed by atoms with Crippen LogP contribution in [-0.4, -0.2) is 42.6 Å². The van der Waals surface area contributed by atoms with Crippen molar-refractivity contribution in [3.8, 4) is 0 Å². The minimum atomic E-state index is -0.260. The largest absolute Gasteiger partial charge is 0.368 e. The van der Waals surface area contributed by atoms with Crippen molar-refractivity contribution >= 4 is 39.7 Å². The van der Waals surface area contributed by atoms with Gasteiger partial charge in [0.2, 0.25) is 0 Å². The summed E-state index contributed by atoms with van der Waals surface area (Å²) in [5.74, 6) is -0.118. The fourth-order valence-electron chi connectivity index (χ4n) is 2.75. The molecule has 0 aliphatic carbocycles. The first kappa shape index (κ1) is 18.0. The molecule has 1 aromatic heterocycles. The van der Waals surface area contributed by atoms with E-state index in [4.69, 9.17) is 11.6 Å². The Morgan fingerprint density at radius 2 is 1.88 bits per heavy atom. The standard InChI is InChI=1S/C18H23ClN4OS/c1-18(2,3)21-16(24)15-12-25-17(20-15)23-9-7-22(8-10-23)14-6-4-5-13(19)11-14/h4-6,11-12H,7-10H2,1-3H3,(H,21,24). The van der Waals surface area contributed by atoms with Gasteiger partial charge in [0.1, 0.15) is 5.69 Å². The van der Waals surface area contributed by atoms with Crippen molar-refractivity contribution < 1.29 is 4.79 Å². The lowest BCUT2D eigenvalue weighted by atomic mass is 10.1. The van der Waals surface area contributed by atoms with E-state index in [1.807, 2.05) is 44.4 Å². The van der Waals surface area contributed by atoms with E-state index in [-0.39, 0.29) is 11.4 Å². The Labute approximate surface area is 157 Å². The number of nitrogens with one attached hydrogen (secondary N) is 1. The van der Waals surface area contributed by atoms with Crippen LogP contribution >= 0.6 is 22.9 Å². The minimum absolute atomic E-state index is 0.118. The third kappa shape index (κ3) is 4.64. The third-order valence-electron chi connectivity index (χ3n) is 3.94. The number of halogens is 1. The monoisotopic (exact) mass is 378 g/mol. The van der Waals surface area contributed by atoms with E-state index in [1.54, 1.807) is 0 Å². The van der Waals surface area contributed by atoms with Gasteiger partial charge >= 0.3 is 0 Å². The molecule has 0 saturated carbocycles. The number of anilines is 2. The van der Waals surface area contributed by atoms with Gasteiger partial charge in [0.05, 0.1) is 0 Å². The second kappa shape index (κ2) is 7.22. The molecule has 1 aliphatic rings. The first-order valence-electron chi connectivity index (χ1n) is 8.35. The maximum atomic E-state index is 12.2. The molecule has 1 N–H and O–H groups in total. The van der Waals surface area contributed by atoms with Crippen molar-refractivity contribution in [3.05, 3.63) is 40.4 Å². The molecule has 0 unspecified atom stereocenters.